The Balaban J connectivity index is 1.56. The Morgan fingerprint density at radius 1 is 1.18 bits per heavy atom. The van der Waals surface area contributed by atoms with Crippen LogP contribution in [0.2, 0.25) is 5.15 Å². The van der Waals surface area contributed by atoms with Crippen LogP contribution in [0.1, 0.15) is 18.9 Å². The number of benzene rings is 1. The van der Waals surface area contributed by atoms with E-state index in [1.807, 2.05) is 12.1 Å². The molecule has 22 heavy (non-hydrogen) atoms. The Labute approximate surface area is 136 Å². The maximum Gasteiger partial charge on any atom is 0.214 e. The maximum atomic E-state index is 6.02. The summed E-state index contributed by atoms with van der Waals surface area (Å²) >= 11 is 5.91. The molecule has 0 bridgehead atoms. The highest BCUT2D eigenvalue weighted by Gasteiger charge is 2.27. The molecule has 1 aliphatic rings. The Morgan fingerprint density at radius 2 is 2.00 bits per heavy atom. The first kappa shape index (κ1) is 15.3. The molecule has 1 aliphatic heterocycles. The lowest BCUT2D eigenvalue weighted by Crippen LogP contribution is -2.44. The lowest BCUT2D eigenvalue weighted by Gasteiger charge is -2.36. The molecule has 0 saturated carbocycles. The number of piperidine rings is 1. The van der Waals surface area contributed by atoms with Crippen molar-refractivity contribution in [3.8, 4) is 5.88 Å². The van der Waals surface area contributed by atoms with E-state index in [2.05, 4.69) is 47.1 Å². The van der Waals surface area contributed by atoms with Crippen LogP contribution in [0, 0.1) is 5.92 Å². The fourth-order valence-corrected chi connectivity index (χ4v) is 3.14. The van der Waals surface area contributed by atoms with Gasteiger partial charge in [-0.2, -0.15) is 0 Å². The van der Waals surface area contributed by atoms with Crippen LogP contribution in [0.15, 0.2) is 48.5 Å². The third kappa shape index (κ3) is 3.99. The molecule has 0 unspecified atom stereocenters. The van der Waals surface area contributed by atoms with Gasteiger partial charge in [0.05, 0.1) is 0 Å². The molecule has 2 aromatic rings. The molecular weight excluding hydrogens is 296 g/mol. The van der Waals surface area contributed by atoms with E-state index in [9.17, 15) is 0 Å². The first-order valence-electron chi connectivity index (χ1n) is 7.76. The van der Waals surface area contributed by atoms with Gasteiger partial charge in [-0.15, -0.1) is 0 Å². The summed E-state index contributed by atoms with van der Waals surface area (Å²) in [6, 6.07) is 16.1. The standard InChI is InChI=1S/C18H21ClN2O/c1-14-12-21(13-15-6-3-2-4-7-15)11-10-16(14)22-18-9-5-8-17(19)20-18/h2-9,14,16H,10-13H2,1H3/t14-,16+/m1/s1. The largest absolute Gasteiger partial charge is 0.474 e. The summed E-state index contributed by atoms with van der Waals surface area (Å²) in [6.07, 6.45) is 1.22. The van der Waals surface area contributed by atoms with Crippen LogP contribution in [0.25, 0.3) is 0 Å². The number of hydrogen-bond acceptors (Lipinski definition) is 3. The summed E-state index contributed by atoms with van der Waals surface area (Å²) in [7, 11) is 0. The monoisotopic (exact) mass is 316 g/mol. The highest BCUT2D eigenvalue weighted by molar-refractivity contribution is 6.29. The van der Waals surface area contributed by atoms with Crippen molar-refractivity contribution in [3.05, 3.63) is 59.2 Å². The minimum Gasteiger partial charge on any atom is -0.474 e. The number of halogens is 1. The van der Waals surface area contributed by atoms with E-state index >= 15 is 0 Å². The van der Waals surface area contributed by atoms with Gasteiger partial charge in [-0.25, -0.2) is 4.98 Å². The topological polar surface area (TPSA) is 25.4 Å². The van der Waals surface area contributed by atoms with Gasteiger partial charge in [0.2, 0.25) is 5.88 Å². The molecule has 1 aromatic heterocycles. The van der Waals surface area contributed by atoms with Crippen LogP contribution < -0.4 is 4.74 Å². The van der Waals surface area contributed by atoms with Crippen molar-refractivity contribution in [3.63, 3.8) is 0 Å². The molecule has 0 radical (unpaired) electrons. The van der Waals surface area contributed by atoms with Gasteiger partial charge in [-0.1, -0.05) is 54.9 Å². The lowest BCUT2D eigenvalue weighted by atomic mass is 9.96. The Hall–Kier alpha value is -1.58. The number of pyridine rings is 1. The van der Waals surface area contributed by atoms with Gasteiger partial charge >= 0.3 is 0 Å². The highest BCUT2D eigenvalue weighted by Crippen LogP contribution is 2.23. The first-order valence-corrected chi connectivity index (χ1v) is 8.14. The molecule has 0 amide bonds. The average Bonchev–Trinajstić information content (AvgIpc) is 2.51. The van der Waals surface area contributed by atoms with Gasteiger partial charge in [0, 0.05) is 31.6 Å². The smallest absolute Gasteiger partial charge is 0.214 e. The van der Waals surface area contributed by atoms with Crippen LogP contribution in [-0.4, -0.2) is 29.1 Å². The van der Waals surface area contributed by atoms with Crippen LogP contribution in [0.3, 0.4) is 0 Å². The maximum absolute atomic E-state index is 6.02. The van der Waals surface area contributed by atoms with Gasteiger partial charge in [0.1, 0.15) is 11.3 Å². The van der Waals surface area contributed by atoms with Crippen molar-refractivity contribution in [1.29, 1.82) is 0 Å². The molecule has 3 nitrogen and oxygen atoms in total. The predicted molar refractivity (Wildman–Crippen MR) is 89.2 cm³/mol. The molecule has 0 N–H and O–H groups in total. The van der Waals surface area contributed by atoms with Crippen molar-refractivity contribution in [1.82, 2.24) is 9.88 Å². The number of nitrogens with zero attached hydrogens (tertiary/aromatic N) is 2. The van der Waals surface area contributed by atoms with Gasteiger partial charge in [0.15, 0.2) is 0 Å². The molecule has 116 valence electrons. The quantitative estimate of drug-likeness (QED) is 0.796. The third-order valence-corrected chi connectivity index (χ3v) is 4.33. The van der Waals surface area contributed by atoms with Crippen molar-refractivity contribution < 1.29 is 4.74 Å². The van der Waals surface area contributed by atoms with E-state index < -0.39 is 0 Å². The van der Waals surface area contributed by atoms with Crippen LogP contribution >= 0.6 is 11.6 Å². The van der Waals surface area contributed by atoms with Gasteiger partial charge < -0.3 is 4.74 Å². The number of hydrogen-bond donors (Lipinski definition) is 0. The van der Waals surface area contributed by atoms with Crippen LogP contribution in [0.4, 0.5) is 0 Å². The summed E-state index contributed by atoms with van der Waals surface area (Å²) in [5, 5.41) is 0.478. The molecule has 3 rings (SSSR count). The zero-order valence-corrected chi connectivity index (χ0v) is 13.5. The van der Waals surface area contributed by atoms with Crippen molar-refractivity contribution >= 4 is 11.6 Å². The van der Waals surface area contributed by atoms with E-state index in [-0.39, 0.29) is 6.10 Å². The summed E-state index contributed by atoms with van der Waals surface area (Å²) < 4.78 is 6.02. The van der Waals surface area contributed by atoms with E-state index in [0.717, 1.165) is 26.1 Å². The van der Waals surface area contributed by atoms with Gasteiger partial charge in [-0.3, -0.25) is 4.90 Å². The molecule has 0 aliphatic carbocycles. The van der Waals surface area contributed by atoms with E-state index in [1.54, 1.807) is 6.07 Å². The third-order valence-electron chi connectivity index (χ3n) is 4.12. The van der Waals surface area contributed by atoms with Crippen molar-refractivity contribution in [2.45, 2.75) is 26.0 Å². The molecule has 1 aromatic carbocycles. The fourth-order valence-electron chi connectivity index (χ4n) is 2.98. The fraction of sp³-hybridized carbons (Fsp3) is 0.389. The number of rotatable bonds is 4. The lowest BCUT2D eigenvalue weighted by molar-refractivity contribution is 0.0461. The number of ether oxygens (including phenoxy) is 1. The second-order valence-electron chi connectivity index (χ2n) is 5.94. The zero-order chi connectivity index (χ0) is 15.4. The Kier molecular flexibility index (Phi) is 4.96. The Bertz CT molecular complexity index is 605. The molecule has 1 fully saturated rings. The summed E-state index contributed by atoms with van der Waals surface area (Å²) in [5.74, 6) is 1.10. The average molecular weight is 317 g/mol. The normalized spacial score (nSPS) is 22.5. The summed E-state index contributed by atoms with van der Waals surface area (Å²) in [6.45, 7) is 5.34. The molecule has 2 atom stereocenters. The molecular formula is C18H21ClN2O. The Morgan fingerprint density at radius 3 is 2.73 bits per heavy atom. The predicted octanol–water partition coefficient (Wildman–Crippen LogP) is 4.02. The second-order valence-corrected chi connectivity index (χ2v) is 6.33. The number of aromatic nitrogens is 1. The highest BCUT2D eigenvalue weighted by atomic mass is 35.5. The van der Waals surface area contributed by atoms with Crippen molar-refractivity contribution in [2.75, 3.05) is 13.1 Å². The minimum atomic E-state index is 0.206. The van der Waals surface area contributed by atoms with Gasteiger partial charge in [-0.05, 0) is 18.1 Å². The molecule has 1 saturated heterocycles. The van der Waals surface area contributed by atoms with E-state index in [0.29, 0.717) is 17.0 Å². The second kappa shape index (κ2) is 7.12. The van der Waals surface area contributed by atoms with Crippen LogP contribution in [-0.2, 0) is 6.54 Å². The molecule has 2 heterocycles. The van der Waals surface area contributed by atoms with Crippen molar-refractivity contribution in [2.24, 2.45) is 5.92 Å². The van der Waals surface area contributed by atoms with Crippen LogP contribution in [0.5, 0.6) is 5.88 Å². The van der Waals surface area contributed by atoms with E-state index in [1.165, 1.54) is 5.56 Å². The van der Waals surface area contributed by atoms with Gasteiger partial charge in [0.25, 0.3) is 0 Å². The van der Waals surface area contributed by atoms with E-state index in [4.69, 9.17) is 16.3 Å². The SMILES string of the molecule is C[C@@H]1CN(Cc2ccccc2)CC[C@@H]1Oc1cccc(Cl)n1. The molecule has 0 spiro atoms. The zero-order valence-electron chi connectivity index (χ0n) is 12.8. The summed E-state index contributed by atoms with van der Waals surface area (Å²) in [4.78, 5) is 6.71. The summed E-state index contributed by atoms with van der Waals surface area (Å²) in [5.41, 5.74) is 1.37. The molecule has 4 heteroatoms. The first-order chi connectivity index (χ1) is 10.7. The number of likely N-dealkylation sites (tertiary alicyclic amines) is 1. The minimum absolute atomic E-state index is 0.206.